The van der Waals surface area contributed by atoms with Gasteiger partial charge in [-0.3, -0.25) is 0 Å². The second kappa shape index (κ2) is 17.7. The highest BCUT2D eigenvalue weighted by atomic mass is 31.0. The Morgan fingerprint density at radius 3 is 0.745 bits per heavy atom. The van der Waals surface area contributed by atoms with E-state index in [1.54, 1.807) is 0 Å². The van der Waals surface area contributed by atoms with E-state index in [1.165, 1.54) is 77.9 Å². The second-order valence-corrected chi connectivity index (χ2v) is 13.9. The lowest BCUT2D eigenvalue weighted by molar-refractivity contribution is 1.39. The van der Waals surface area contributed by atoms with Crippen molar-refractivity contribution in [2.45, 2.75) is 37.7 Å². The molecule has 0 bridgehead atoms. The first-order valence-electron chi connectivity index (χ1n) is 16.1. The topological polar surface area (TPSA) is 0 Å². The van der Waals surface area contributed by atoms with Crippen molar-refractivity contribution in [1.29, 1.82) is 0 Å². The van der Waals surface area contributed by atoms with Crippen LogP contribution in [0, 0.1) is 6.92 Å². The van der Waals surface area contributed by atoms with Crippen LogP contribution in [0.2, 0.25) is 0 Å². The molecule has 238 valence electrons. The van der Waals surface area contributed by atoms with Crippen molar-refractivity contribution in [3.63, 3.8) is 0 Å². The van der Waals surface area contributed by atoms with Gasteiger partial charge in [-0.1, -0.05) is 121 Å². The molecule has 0 aromatic heterocycles. The van der Waals surface area contributed by atoms with Crippen molar-refractivity contribution < 1.29 is 0 Å². The molecule has 0 radical (unpaired) electrons. The number of hydrogen-bond acceptors (Lipinski definition) is 0. The van der Waals surface area contributed by atoms with Crippen LogP contribution in [-0.2, 0) is 30.8 Å². The molecule has 0 aliphatic rings. The molecule has 47 heavy (non-hydrogen) atoms. The summed E-state index contributed by atoms with van der Waals surface area (Å²) >= 11 is 0. The highest BCUT2D eigenvalue weighted by Gasteiger charge is 2.07. The van der Waals surface area contributed by atoms with Gasteiger partial charge in [-0.25, -0.2) is 0 Å². The van der Waals surface area contributed by atoms with Crippen molar-refractivity contribution in [2.24, 2.45) is 0 Å². The normalized spacial score (nSPS) is 10.8. The van der Waals surface area contributed by atoms with Gasteiger partial charge in [0, 0.05) is 0 Å². The smallest absolute Gasteiger partial charge is 0.0128 e. The van der Waals surface area contributed by atoms with E-state index in [-0.39, 0.29) is 0 Å². The predicted molar refractivity (Wildman–Crippen MR) is 226 cm³/mol. The monoisotopic (exact) mass is 704 g/mol. The summed E-state index contributed by atoms with van der Waals surface area (Å²) < 4.78 is 0. The zero-order valence-corrected chi connectivity index (χ0v) is 32.9. The van der Waals surface area contributed by atoms with Gasteiger partial charge in [-0.15, -0.1) is 46.2 Å². The first kappa shape index (κ1) is 35.8. The fraction of sp³-hybridized carbons (Fsp3) is 0.143. The van der Waals surface area contributed by atoms with Gasteiger partial charge in [0.2, 0.25) is 0 Å². The highest BCUT2D eigenvalue weighted by Crippen LogP contribution is 2.31. The highest BCUT2D eigenvalue weighted by molar-refractivity contribution is 7.16. The minimum Gasteiger partial charge on any atom is -0.133 e. The van der Waals surface area contributed by atoms with Gasteiger partial charge < -0.3 is 0 Å². The molecule has 6 aromatic rings. The molecule has 0 heterocycles. The van der Waals surface area contributed by atoms with E-state index in [9.17, 15) is 0 Å². The van der Waals surface area contributed by atoms with Crippen LogP contribution in [0.4, 0.5) is 0 Å². The summed E-state index contributed by atoms with van der Waals surface area (Å²) in [6.45, 7) is 2.17. The van der Waals surface area contributed by atoms with Crippen LogP contribution in [0.3, 0.4) is 0 Å². The molecular weight excluding hydrogens is 659 g/mol. The predicted octanol–water partition coefficient (Wildman–Crippen LogP) is 12.2. The maximum atomic E-state index is 2.84. The Balaban J connectivity index is 0.000000185. The first-order valence-corrected chi connectivity index (χ1v) is 20.1. The summed E-state index contributed by atoms with van der Waals surface area (Å²) in [5.74, 6) is 0. The van der Waals surface area contributed by atoms with Crippen LogP contribution in [0.25, 0.3) is 44.5 Å². The van der Waals surface area contributed by atoms with Crippen molar-refractivity contribution in [1.82, 2.24) is 0 Å². The molecule has 0 nitrogen and oxygen atoms in total. The molecule has 0 amide bonds. The van der Waals surface area contributed by atoms with E-state index < -0.39 is 0 Å². The van der Waals surface area contributed by atoms with Gasteiger partial charge >= 0.3 is 0 Å². The van der Waals surface area contributed by atoms with Crippen LogP contribution < -0.4 is 0 Å². The second-order valence-electron chi connectivity index (χ2n) is 11.8. The molecule has 5 heteroatoms. The van der Waals surface area contributed by atoms with E-state index in [0.29, 0.717) is 0 Å². The van der Waals surface area contributed by atoms with Crippen LogP contribution >= 0.6 is 46.2 Å². The largest absolute Gasteiger partial charge is 0.133 e. The molecule has 0 N–H and O–H groups in total. The van der Waals surface area contributed by atoms with Crippen molar-refractivity contribution >= 4 is 46.2 Å². The van der Waals surface area contributed by atoms with E-state index in [4.69, 9.17) is 0 Å². The molecule has 0 saturated carbocycles. The Labute approximate surface area is 294 Å². The third-order valence-corrected chi connectivity index (χ3v) is 10.8. The Hall–Kier alpha value is -2.53. The van der Waals surface area contributed by atoms with Crippen LogP contribution in [0.1, 0.15) is 33.4 Å². The average molecular weight is 705 g/mol. The number of aryl methyl sites for hydroxylation is 1. The summed E-state index contributed by atoms with van der Waals surface area (Å²) in [4.78, 5) is 0. The van der Waals surface area contributed by atoms with Gasteiger partial charge in [0.15, 0.2) is 0 Å². The Morgan fingerprint density at radius 2 is 0.511 bits per heavy atom. The van der Waals surface area contributed by atoms with Crippen LogP contribution in [0.5, 0.6) is 0 Å². The van der Waals surface area contributed by atoms with Gasteiger partial charge in [0.1, 0.15) is 0 Å². The number of rotatable bonds is 9. The zero-order chi connectivity index (χ0) is 33.2. The fourth-order valence-corrected chi connectivity index (χ4v) is 6.92. The third-order valence-electron chi connectivity index (χ3n) is 8.40. The summed E-state index contributed by atoms with van der Waals surface area (Å²) in [5, 5.41) is 0. The van der Waals surface area contributed by atoms with Crippen molar-refractivity contribution in [2.75, 3.05) is 0 Å². The number of benzene rings is 6. The van der Waals surface area contributed by atoms with E-state index in [0.717, 1.165) is 30.8 Å². The molecule has 5 atom stereocenters. The standard InChI is InChI=1S/C21H23P3.C21H22P2/c22-12-15-1-5-18(6-2-15)20-9-17(14-24)10-21(11-20)19-7-3-16(13-23)4-8-19;1-15-10-20(18-6-2-16(13-22)3-7-18)12-21(11-15)19-8-4-17(14-23)5-9-19/h1-11H,12-14,22-24H2;2-12H,13-14,22-23H2,1H3. The van der Waals surface area contributed by atoms with E-state index in [2.05, 4.69) is 187 Å². The minimum absolute atomic E-state index is 0.966. The zero-order valence-electron chi connectivity index (χ0n) is 27.1. The molecule has 0 saturated heterocycles. The van der Waals surface area contributed by atoms with Crippen LogP contribution in [-0.4, -0.2) is 0 Å². The first-order chi connectivity index (χ1) is 22.9. The summed E-state index contributed by atoms with van der Waals surface area (Å²) in [6, 6.07) is 49.1. The minimum atomic E-state index is 0.966. The fourth-order valence-electron chi connectivity index (χ4n) is 5.59. The summed E-state index contributed by atoms with van der Waals surface area (Å²) in [5.41, 5.74) is 18.3. The maximum absolute atomic E-state index is 2.84. The number of hydrogen-bond donors (Lipinski definition) is 0. The van der Waals surface area contributed by atoms with E-state index >= 15 is 0 Å². The van der Waals surface area contributed by atoms with Gasteiger partial charge in [-0.2, -0.15) is 0 Å². The van der Waals surface area contributed by atoms with Crippen molar-refractivity contribution in [3.8, 4) is 44.5 Å². The maximum Gasteiger partial charge on any atom is -0.0128 e. The van der Waals surface area contributed by atoms with E-state index in [1.807, 2.05) is 0 Å². The molecule has 6 aromatic carbocycles. The molecule has 5 unspecified atom stereocenters. The molecule has 0 aliphatic heterocycles. The van der Waals surface area contributed by atoms with Crippen molar-refractivity contribution in [3.05, 3.63) is 167 Å². The van der Waals surface area contributed by atoms with Gasteiger partial charge in [0.25, 0.3) is 0 Å². The molecule has 0 fully saturated rings. The quantitative estimate of drug-likeness (QED) is 0.131. The van der Waals surface area contributed by atoms with Gasteiger partial charge in [0.05, 0.1) is 0 Å². The molecule has 0 spiro atoms. The summed E-state index contributed by atoms with van der Waals surface area (Å²) in [7, 11) is 13.9. The molecule has 6 rings (SSSR count). The summed E-state index contributed by atoms with van der Waals surface area (Å²) in [6.07, 6.45) is 4.97. The Kier molecular flexibility index (Phi) is 13.5. The average Bonchev–Trinajstić information content (AvgIpc) is 3.14. The lowest BCUT2D eigenvalue weighted by atomic mass is 9.96. The lowest BCUT2D eigenvalue weighted by Crippen LogP contribution is -1.87. The molecular formula is C42H45P5. The van der Waals surface area contributed by atoms with Gasteiger partial charge in [-0.05, 0) is 128 Å². The molecule has 0 aliphatic carbocycles. The Bertz CT molecular complexity index is 1740. The third kappa shape index (κ3) is 9.77. The Morgan fingerprint density at radius 1 is 0.277 bits per heavy atom. The lowest BCUT2D eigenvalue weighted by Gasteiger charge is -2.11. The SMILES string of the molecule is Cc1cc(-c2ccc(CP)cc2)cc(-c2ccc(CP)cc2)c1.PCc1ccc(-c2cc(CP)cc(-c3ccc(CP)cc3)c2)cc1. The van der Waals surface area contributed by atoms with Crippen LogP contribution in [0.15, 0.2) is 133 Å².